The fourth-order valence-corrected chi connectivity index (χ4v) is 4.80. The number of carbonyl (C=O) groups excluding carboxylic acids is 2. The maximum absolute atomic E-state index is 13.3. The zero-order valence-corrected chi connectivity index (χ0v) is 20.5. The van der Waals surface area contributed by atoms with E-state index in [-0.39, 0.29) is 11.3 Å². The van der Waals surface area contributed by atoms with E-state index in [0.717, 1.165) is 25.2 Å². The largest absolute Gasteiger partial charge is 0.507 e. The number of para-hydroxylation sites is 1. The number of aliphatic hydroxyl groups is 1. The van der Waals surface area contributed by atoms with Crippen molar-refractivity contribution in [3.63, 3.8) is 0 Å². The Labute approximate surface area is 205 Å². The molecule has 1 amide bonds. The molecule has 1 N–H and O–H groups in total. The fraction of sp³-hybridized carbons (Fsp3) is 0.407. The van der Waals surface area contributed by atoms with Crippen molar-refractivity contribution in [1.82, 2.24) is 9.80 Å². The van der Waals surface area contributed by atoms with Crippen LogP contribution in [0.5, 0.6) is 11.5 Å². The lowest BCUT2D eigenvalue weighted by Crippen LogP contribution is -2.39. The molecule has 186 valence electrons. The number of hydrogen-bond acceptors (Lipinski definition) is 7. The van der Waals surface area contributed by atoms with Crippen molar-refractivity contribution in [2.45, 2.75) is 19.4 Å². The minimum Gasteiger partial charge on any atom is -0.507 e. The molecular weight excluding hydrogens is 448 g/mol. The molecule has 2 aromatic rings. The van der Waals surface area contributed by atoms with Crippen LogP contribution in [0.2, 0.25) is 0 Å². The monoisotopic (exact) mass is 480 g/mol. The highest BCUT2D eigenvalue weighted by atomic mass is 16.5. The molecule has 2 aromatic carbocycles. The van der Waals surface area contributed by atoms with Crippen LogP contribution < -0.4 is 9.47 Å². The molecule has 0 radical (unpaired) electrons. The molecular formula is C27H32N2O6. The van der Waals surface area contributed by atoms with Gasteiger partial charge in [-0.25, -0.2) is 0 Å². The van der Waals surface area contributed by atoms with Gasteiger partial charge in [0.2, 0.25) is 0 Å². The third-order valence-corrected chi connectivity index (χ3v) is 6.62. The molecule has 2 saturated heterocycles. The molecule has 0 saturated carbocycles. The summed E-state index contributed by atoms with van der Waals surface area (Å²) in [5, 5.41) is 11.3. The minimum absolute atomic E-state index is 0.0652. The van der Waals surface area contributed by atoms with Gasteiger partial charge in [0.15, 0.2) is 0 Å². The average molecular weight is 481 g/mol. The molecule has 0 aromatic heterocycles. The maximum atomic E-state index is 13.3. The van der Waals surface area contributed by atoms with Crippen molar-refractivity contribution in [3.05, 3.63) is 64.7 Å². The van der Waals surface area contributed by atoms with Crippen LogP contribution in [-0.4, -0.2) is 80.2 Å². The lowest BCUT2D eigenvalue weighted by molar-refractivity contribution is -0.140. The first kappa shape index (κ1) is 24.8. The molecule has 0 unspecified atom stereocenters. The van der Waals surface area contributed by atoms with E-state index in [0.29, 0.717) is 48.8 Å². The highest BCUT2D eigenvalue weighted by Gasteiger charge is 2.46. The van der Waals surface area contributed by atoms with Crippen LogP contribution in [0, 0.1) is 6.92 Å². The quantitative estimate of drug-likeness (QED) is 0.353. The van der Waals surface area contributed by atoms with Gasteiger partial charge in [-0.15, -0.1) is 0 Å². The first-order valence-electron chi connectivity index (χ1n) is 11.8. The minimum atomic E-state index is -0.752. The number of morpholine rings is 1. The van der Waals surface area contributed by atoms with Gasteiger partial charge in [0.05, 0.1) is 39.0 Å². The molecule has 2 aliphatic rings. The number of likely N-dealkylation sites (tertiary alicyclic amines) is 1. The molecule has 0 spiro atoms. The van der Waals surface area contributed by atoms with Gasteiger partial charge in [0.1, 0.15) is 17.3 Å². The second kappa shape index (κ2) is 10.9. The zero-order valence-electron chi connectivity index (χ0n) is 20.5. The second-order valence-corrected chi connectivity index (χ2v) is 8.73. The van der Waals surface area contributed by atoms with E-state index in [1.54, 1.807) is 43.4 Å². The van der Waals surface area contributed by atoms with E-state index in [4.69, 9.17) is 14.2 Å². The summed E-state index contributed by atoms with van der Waals surface area (Å²) in [7, 11) is 3.13. The Morgan fingerprint density at radius 2 is 1.74 bits per heavy atom. The van der Waals surface area contributed by atoms with Gasteiger partial charge in [-0.3, -0.25) is 14.5 Å². The number of carbonyl (C=O) groups is 2. The molecule has 2 aliphatic heterocycles. The summed E-state index contributed by atoms with van der Waals surface area (Å²) in [6, 6.07) is 11.7. The Bertz CT molecular complexity index is 1120. The number of hydrogen-bond donors (Lipinski definition) is 1. The van der Waals surface area contributed by atoms with E-state index in [1.165, 1.54) is 0 Å². The summed E-state index contributed by atoms with van der Waals surface area (Å²) in [6.07, 6.45) is 0.695. The second-order valence-electron chi connectivity index (χ2n) is 8.73. The topological polar surface area (TPSA) is 88.5 Å². The van der Waals surface area contributed by atoms with E-state index >= 15 is 0 Å². The van der Waals surface area contributed by atoms with Crippen LogP contribution in [0.25, 0.3) is 5.76 Å². The summed E-state index contributed by atoms with van der Waals surface area (Å²) in [6.45, 7) is 6.14. The Balaban J connectivity index is 1.72. The zero-order chi connectivity index (χ0) is 24.9. The molecule has 2 heterocycles. The van der Waals surface area contributed by atoms with Crippen molar-refractivity contribution < 1.29 is 28.9 Å². The number of methoxy groups -OCH3 is 2. The SMILES string of the molecule is COc1ccc(/C(O)=C2\C(=O)C(=O)N(CCCN3CCOCC3)[C@@H]2c2ccccc2OC)cc1C. The van der Waals surface area contributed by atoms with Gasteiger partial charge < -0.3 is 24.2 Å². The third kappa shape index (κ3) is 5.04. The fourth-order valence-electron chi connectivity index (χ4n) is 4.80. The number of ketones is 1. The van der Waals surface area contributed by atoms with Crippen molar-refractivity contribution in [3.8, 4) is 11.5 Å². The van der Waals surface area contributed by atoms with Gasteiger partial charge in [-0.1, -0.05) is 18.2 Å². The van der Waals surface area contributed by atoms with Crippen LogP contribution >= 0.6 is 0 Å². The van der Waals surface area contributed by atoms with Gasteiger partial charge in [-0.2, -0.15) is 0 Å². The van der Waals surface area contributed by atoms with Crippen LogP contribution in [0.3, 0.4) is 0 Å². The number of benzene rings is 2. The smallest absolute Gasteiger partial charge is 0.295 e. The van der Waals surface area contributed by atoms with Crippen molar-refractivity contribution in [2.24, 2.45) is 0 Å². The molecule has 35 heavy (non-hydrogen) atoms. The molecule has 8 heteroatoms. The van der Waals surface area contributed by atoms with E-state index in [1.807, 2.05) is 25.1 Å². The number of aliphatic hydroxyl groups excluding tert-OH is 1. The molecule has 8 nitrogen and oxygen atoms in total. The van der Waals surface area contributed by atoms with E-state index in [2.05, 4.69) is 4.90 Å². The van der Waals surface area contributed by atoms with Gasteiger partial charge in [0.25, 0.3) is 11.7 Å². The average Bonchev–Trinajstić information content (AvgIpc) is 3.13. The van der Waals surface area contributed by atoms with Gasteiger partial charge in [0, 0.05) is 37.3 Å². The number of Topliss-reactive ketones (excluding diaryl/α,β-unsaturated/α-hetero) is 1. The standard InChI is InChI=1S/C27H32N2O6/c1-18-17-19(9-10-21(18)33-2)25(30)23-24(20-7-4-5-8-22(20)34-3)29(27(32)26(23)31)12-6-11-28-13-15-35-16-14-28/h4-5,7-10,17,24,30H,6,11-16H2,1-3H3/b25-23+/t24-/m1/s1. The number of amides is 1. The lowest BCUT2D eigenvalue weighted by Gasteiger charge is -2.29. The van der Waals surface area contributed by atoms with E-state index in [9.17, 15) is 14.7 Å². The normalized spacial score (nSPS) is 20.3. The molecule has 0 aliphatic carbocycles. The summed E-state index contributed by atoms with van der Waals surface area (Å²) < 4.78 is 16.3. The lowest BCUT2D eigenvalue weighted by atomic mass is 9.94. The van der Waals surface area contributed by atoms with Gasteiger partial charge >= 0.3 is 0 Å². The first-order chi connectivity index (χ1) is 17.0. The summed E-state index contributed by atoms with van der Waals surface area (Å²) in [5.41, 5.74) is 1.99. The molecule has 4 rings (SSSR count). The molecule has 0 bridgehead atoms. The number of rotatable bonds is 8. The first-order valence-corrected chi connectivity index (χ1v) is 11.8. The Kier molecular flexibility index (Phi) is 7.73. The predicted molar refractivity (Wildman–Crippen MR) is 132 cm³/mol. The summed E-state index contributed by atoms with van der Waals surface area (Å²) >= 11 is 0. The molecule has 2 fully saturated rings. The summed E-state index contributed by atoms with van der Waals surface area (Å²) in [5.74, 6) is -0.297. The number of aryl methyl sites for hydroxylation is 1. The van der Waals surface area contributed by atoms with Crippen molar-refractivity contribution in [1.29, 1.82) is 0 Å². The number of ether oxygens (including phenoxy) is 3. The highest BCUT2D eigenvalue weighted by Crippen LogP contribution is 2.43. The van der Waals surface area contributed by atoms with Crippen LogP contribution in [-0.2, 0) is 14.3 Å². The van der Waals surface area contributed by atoms with Crippen molar-refractivity contribution in [2.75, 3.05) is 53.6 Å². The maximum Gasteiger partial charge on any atom is 0.295 e. The van der Waals surface area contributed by atoms with Crippen LogP contribution in [0.1, 0.15) is 29.2 Å². The van der Waals surface area contributed by atoms with Crippen LogP contribution in [0.15, 0.2) is 48.0 Å². The van der Waals surface area contributed by atoms with Gasteiger partial charge in [-0.05, 0) is 43.2 Å². The summed E-state index contributed by atoms with van der Waals surface area (Å²) in [4.78, 5) is 30.4. The Morgan fingerprint density at radius 1 is 1.03 bits per heavy atom. The Morgan fingerprint density at radius 3 is 2.43 bits per heavy atom. The van der Waals surface area contributed by atoms with Crippen molar-refractivity contribution >= 4 is 17.4 Å². The molecule has 1 atom stereocenters. The van der Waals surface area contributed by atoms with Crippen LogP contribution in [0.4, 0.5) is 0 Å². The Hall–Kier alpha value is -3.36. The van der Waals surface area contributed by atoms with E-state index < -0.39 is 17.7 Å². The third-order valence-electron chi connectivity index (χ3n) is 6.62. The highest BCUT2D eigenvalue weighted by molar-refractivity contribution is 6.46. The predicted octanol–water partition coefficient (Wildman–Crippen LogP) is 3.16. The number of nitrogens with zero attached hydrogens (tertiary/aromatic N) is 2.